The van der Waals surface area contributed by atoms with Crippen molar-refractivity contribution in [3.8, 4) is 11.5 Å². The van der Waals surface area contributed by atoms with Crippen molar-refractivity contribution >= 4 is 34.0 Å². The van der Waals surface area contributed by atoms with E-state index in [1.165, 1.54) is 11.9 Å². The second-order valence-corrected chi connectivity index (χ2v) is 9.83. The third-order valence-electron chi connectivity index (χ3n) is 7.29. The van der Waals surface area contributed by atoms with Gasteiger partial charge >= 0.3 is 0 Å². The zero-order chi connectivity index (χ0) is 28.2. The van der Waals surface area contributed by atoms with Crippen LogP contribution in [0.5, 0.6) is 11.5 Å². The number of carbonyl (C=O) groups is 2. The van der Waals surface area contributed by atoms with E-state index in [-0.39, 0.29) is 17.9 Å². The number of ether oxygens (including phenoxy) is 2. The molecule has 1 unspecified atom stereocenters. The molecule has 3 aromatic carbocycles. The summed E-state index contributed by atoms with van der Waals surface area (Å²) in [6, 6.07) is 19.8. The van der Waals surface area contributed by atoms with Crippen LogP contribution in [0.3, 0.4) is 0 Å². The predicted octanol–water partition coefficient (Wildman–Crippen LogP) is 5.00. The van der Waals surface area contributed by atoms with E-state index in [1.807, 2.05) is 59.5 Å². The van der Waals surface area contributed by atoms with Crippen molar-refractivity contribution in [3.63, 3.8) is 0 Å². The molecule has 0 bridgehead atoms. The van der Waals surface area contributed by atoms with Crippen LogP contribution in [-0.4, -0.2) is 42.5 Å². The highest BCUT2D eigenvalue weighted by molar-refractivity contribution is 5.90. The second-order valence-electron chi connectivity index (χ2n) is 9.83. The molecule has 1 saturated heterocycles. The van der Waals surface area contributed by atoms with E-state index >= 15 is 0 Å². The van der Waals surface area contributed by atoms with E-state index in [2.05, 4.69) is 10.3 Å². The Hall–Kier alpha value is -4.63. The molecule has 206 valence electrons. The summed E-state index contributed by atoms with van der Waals surface area (Å²) in [5, 5.41) is 6.31. The Kier molecular flexibility index (Phi) is 7.84. The fourth-order valence-electron chi connectivity index (χ4n) is 5.39. The summed E-state index contributed by atoms with van der Waals surface area (Å²) in [6.07, 6.45) is 5.18. The minimum atomic E-state index is -0.835. The number of aromatic nitrogens is 1. The largest absolute Gasteiger partial charge is 0.493 e. The molecule has 2 amide bonds. The third-order valence-corrected chi connectivity index (χ3v) is 7.29. The zero-order valence-electron chi connectivity index (χ0n) is 22.8. The van der Waals surface area contributed by atoms with Crippen molar-refractivity contribution in [1.29, 1.82) is 0 Å². The number of pyridine rings is 1. The Labute approximate surface area is 233 Å². The Morgan fingerprint density at radius 2 is 1.85 bits per heavy atom. The average Bonchev–Trinajstić information content (AvgIpc) is 3.47. The van der Waals surface area contributed by atoms with Crippen LogP contribution in [0, 0.1) is 0 Å². The topological polar surface area (TPSA) is 110 Å². The van der Waals surface area contributed by atoms with E-state index in [4.69, 9.17) is 15.3 Å². The minimum absolute atomic E-state index is 0.128. The van der Waals surface area contributed by atoms with Crippen molar-refractivity contribution in [2.45, 2.75) is 31.8 Å². The SMILES string of the molecule is COc1ccc([C@H](C(=O)N2CCCC2c2cccc(NC(C)=O)c2)N(N)c2ccc3cnccc3c2)cc1OC. The number of nitrogens with zero attached hydrogens (tertiary/aromatic N) is 3. The Morgan fingerprint density at radius 1 is 1.02 bits per heavy atom. The van der Waals surface area contributed by atoms with Crippen molar-refractivity contribution in [3.05, 3.63) is 90.3 Å². The summed E-state index contributed by atoms with van der Waals surface area (Å²) < 4.78 is 11.0. The van der Waals surface area contributed by atoms with Gasteiger partial charge in [0.25, 0.3) is 5.91 Å². The van der Waals surface area contributed by atoms with Gasteiger partial charge < -0.3 is 19.7 Å². The van der Waals surface area contributed by atoms with Gasteiger partial charge in [-0.3, -0.25) is 19.6 Å². The summed E-state index contributed by atoms with van der Waals surface area (Å²) in [6.45, 7) is 2.07. The fraction of sp³-hybridized carbons (Fsp3) is 0.258. The van der Waals surface area contributed by atoms with Crippen molar-refractivity contribution in [2.75, 3.05) is 31.1 Å². The van der Waals surface area contributed by atoms with E-state index < -0.39 is 6.04 Å². The maximum absolute atomic E-state index is 14.5. The monoisotopic (exact) mass is 539 g/mol. The average molecular weight is 540 g/mol. The van der Waals surface area contributed by atoms with Crippen LogP contribution < -0.4 is 25.6 Å². The number of carbonyl (C=O) groups excluding carboxylic acids is 2. The maximum Gasteiger partial charge on any atom is 0.251 e. The third kappa shape index (κ3) is 5.41. The highest BCUT2D eigenvalue weighted by Crippen LogP contribution is 2.39. The van der Waals surface area contributed by atoms with Crippen molar-refractivity contribution in [1.82, 2.24) is 9.88 Å². The van der Waals surface area contributed by atoms with Gasteiger partial charge in [0.1, 0.15) is 6.04 Å². The first-order chi connectivity index (χ1) is 19.4. The van der Waals surface area contributed by atoms with E-state index in [1.54, 1.807) is 38.7 Å². The van der Waals surface area contributed by atoms with Crippen LogP contribution in [0.15, 0.2) is 79.1 Å². The molecule has 1 fully saturated rings. The van der Waals surface area contributed by atoms with Gasteiger partial charge in [0.2, 0.25) is 5.91 Å². The number of fused-ring (bicyclic) bond motifs is 1. The standard InChI is InChI=1S/C31H33N5O4/c1-20(37)34-25-7-4-6-22(16-25)27-8-5-15-35(27)31(38)30(23-10-12-28(39-2)29(18-23)40-3)36(32)26-11-9-24-19-33-14-13-21(24)17-26/h4,6-7,9-14,16-19,27,30H,5,8,15,32H2,1-3H3,(H,34,37)/t27?,30-/m1/s1. The number of hydrogen-bond donors (Lipinski definition) is 2. The van der Waals surface area contributed by atoms with E-state index in [0.29, 0.717) is 35.0 Å². The van der Waals surface area contributed by atoms with Gasteiger partial charge in [0.15, 0.2) is 11.5 Å². The minimum Gasteiger partial charge on any atom is -0.493 e. The first-order valence-electron chi connectivity index (χ1n) is 13.2. The van der Waals surface area contributed by atoms with Crippen LogP contribution in [0.1, 0.15) is 43.0 Å². The van der Waals surface area contributed by atoms with Crippen molar-refractivity contribution < 1.29 is 19.1 Å². The van der Waals surface area contributed by atoms with Gasteiger partial charge in [-0.15, -0.1) is 0 Å². The summed E-state index contributed by atoms with van der Waals surface area (Å²) in [5.74, 6) is 7.61. The number of nitrogens with two attached hydrogens (primary N) is 1. The first kappa shape index (κ1) is 27.0. The highest BCUT2D eigenvalue weighted by Gasteiger charge is 2.37. The summed E-state index contributed by atoms with van der Waals surface area (Å²) in [4.78, 5) is 32.2. The normalized spacial score (nSPS) is 15.5. The zero-order valence-corrected chi connectivity index (χ0v) is 22.8. The molecular formula is C31H33N5O4. The number of benzene rings is 3. The Bertz CT molecular complexity index is 1540. The van der Waals surface area contributed by atoms with E-state index in [9.17, 15) is 9.59 Å². The van der Waals surface area contributed by atoms with Crippen LogP contribution in [0.25, 0.3) is 10.8 Å². The van der Waals surface area contributed by atoms with Gasteiger partial charge in [-0.25, -0.2) is 5.84 Å². The lowest BCUT2D eigenvalue weighted by Gasteiger charge is -2.35. The number of amides is 2. The molecule has 3 N–H and O–H groups in total. The lowest BCUT2D eigenvalue weighted by Crippen LogP contribution is -2.46. The number of methoxy groups -OCH3 is 2. The molecule has 4 aromatic rings. The van der Waals surface area contributed by atoms with Crippen LogP contribution in [0.4, 0.5) is 11.4 Å². The Balaban J connectivity index is 1.55. The summed E-state index contributed by atoms with van der Waals surface area (Å²) in [7, 11) is 3.14. The molecule has 2 atom stereocenters. The predicted molar refractivity (Wildman–Crippen MR) is 155 cm³/mol. The molecule has 1 aliphatic heterocycles. The number of hydrogen-bond acceptors (Lipinski definition) is 7. The Morgan fingerprint density at radius 3 is 2.62 bits per heavy atom. The number of rotatable bonds is 8. The van der Waals surface area contributed by atoms with Crippen LogP contribution in [-0.2, 0) is 9.59 Å². The molecule has 1 aliphatic rings. The van der Waals surface area contributed by atoms with Gasteiger partial charge in [0.05, 0.1) is 25.9 Å². The number of likely N-dealkylation sites (tertiary alicyclic amines) is 1. The number of anilines is 2. The van der Waals surface area contributed by atoms with E-state index in [0.717, 1.165) is 29.2 Å². The smallest absolute Gasteiger partial charge is 0.251 e. The molecule has 0 aliphatic carbocycles. The lowest BCUT2D eigenvalue weighted by atomic mass is 10.00. The summed E-state index contributed by atoms with van der Waals surface area (Å²) in [5.41, 5.74) is 3.03. The molecule has 9 nitrogen and oxygen atoms in total. The van der Waals surface area contributed by atoms with Gasteiger partial charge in [0, 0.05) is 36.9 Å². The highest BCUT2D eigenvalue weighted by atomic mass is 16.5. The quantitative estimate of drug-likeness (QED) is 0.240. The second kappa shape index (κ2) is 11.6. The molecule has 0 radical (unpaired) electrons. The molecule has 40 heavy (non-hydrogen) atoms. The maximum atomic E-state index is 14.5. The lowest BCUT2D eigenvalue weighted by molar-refractivity contribution is -0.133. The van der Waals surface area contributed by atoms with Crippen LogP contribution in [0.2, 0.25) is 0 Å². The molecule has 0 saturated carbocycles. The van der Waals surface area contributed by atoms with Gasteiger partial charge in [-0.1, -0.05) is 24.3 Å². The molecular weight excluding hydrogens is 506 g/mol. The molecule has 0 spiro atoms. The summed E-state index contributed by atoms with van der Waals surface area (Å²) >= 11 is 0. The van der Waals surface area contributed by atoms with Gasteiger partial charge in [-0.05, 0) is 71.8 Å². The molecule has 1 aromatic heterocycles. The molecule has 2 heterocycles. The number of nitrogens with one attached hydrogen (secondary N) is 1. The van der Waals surface area contributed by atoms with Crippen LogP contribution >= 0.6 is 0 Å². The first-order valence-corrected chi connectivity index (χ1v) is 13.2. The van der Waals surface area contributed by atoms with Gasteiger partial charge in [-0.2, -0.15) is 0 Å². The van der Waals surface area contributed by atoms with Crippen molar-refractivity contribution in [2.24, 2.45) is 5.84 Å². The molecule has 9 heteroatoms. The number of hydrazine groups is 1. The fourth-order valence-corrected chi connectivity index (χ4v) is 5.39. The molecule has 5 rings (SSSR count).